The number of para-hydroxylation sites is 1. The molecule has 0 aliphatic carbocycles. The van der Waals surface area contributed by atoms with Crippen molar-refractivity contribution in [1.29, 1.82) is 0 Å². The van der Waals surface area contributed by atoms with Gasteiger partial charge in [-0.1, -0.05) is 164 Å². The molecule has 4 heteroatoms. The molecular weight excluding hydrogens is 599 g/mol. The molecule has 230 valence electrons. The number of rotatable bonds is 6. The van der Waals surface area contributed by atoms with Gasteiger partial charge in [-0.25, -0.2) is 15.0 Å². The van der Waals surface area contributed by atoms with E-state index in [1.54, 1.807) is 0 Å². The summed E-state index contributed by atoms with van der Waals surface area (Å²) in [5.74, 6) is 1.91. The number of furan rings is 1. The van der Waals surface area contributed by atoms with Gasteiger partial charge in [0, 0.05) is 38.6 Å². The van der Waals surface area contributed by atoms with E-state index >= 15 is 0 Å². The highest BCUT2D eigenvalue weighted by atomic mass is 16.3. The van der Waals surface area contributed by atoms with Gasteiger partial charge < -0.3 is 4.42 Å². The van der Waals surface area contributed by atoms with Gasteiger partial charge >= 0.3 is 0 Å². The van der Waals surface area contributed by atoms with E-state index in [9.17, 15) is 0 Å². The minimum absolute atomic E-state index is 0.627. The molecule has 0 fully saturated rings. The summed E-state index contributed by atoms with van der Waals surface area (Å²) in [7, 11) is 0. The van der Waals surface area contributed by atoms with Crippen LogP contribution in [-0.2, 0) is 0 Å². The van der Waals surface area contributed by atoms with Crippen molar-refractivity contribution in [2.24, 2.45) is 0 Å². The second kappa shape index (κ2) is 12.2. The molecule has 4 nitrogen and oxygen atoms in total. The van der Waals surface area contributed by atoms with Crippen molar-refractivity contribution >= 4 is 21.9 Å². The van der Waals surface area contributed by atoms with Gasteiger partial charge in [-0.2, -0.15) is 0 Å². The van der Waals surface area contributed by atoms with Crippen LogP contribution in [0.5, 0.6) is 0 Å². The normalized spacial score (nSPS) is 11.3. The fraction of sp³-hybridized carbons (Fsp3) is 0. The fourth-order valence-corrected chi connectivity index (χ4v) is 6.49. The van der Waals surface area contributed by atoms with E-state index in [1.165, 1.54) is 5.56 Å². The van der Waals surface area contributed by atoms with Crippen LogP contribution in [0.4, 0.5) is 0 Å². The third-order valence-corrected chi connectivity index (χ3v) is 8.94. The summed E-state index contributed by atoms with van der Waals surface area (Å²) in [6, 6.07) is 60.4. The molecule has 0 amide bonds. The Hall–Kier alpha value is -6.65. The van der Waals surface area contributed by atoms with E-state index in [1.807, 2.05) is 66.7 Å². The molecule has 49 heavy (non-hydrogen) atoms. The van der Waals surface area contributed by atoms with Crippen LogP contribution >= 0.6 is 0 Å². The van der Waals surface area contributed by atoms with E-state index in [-0.39, 0.29) is 0 Å². The van der Waals surface area contributed by atoms with E-state index in [0.717, 1.165) is 66.4 Å². The van der Waals surface area contributed by atoms with Gasteiger partial charge in [-0.3, -0.25) is 0 Å². The quantitative estimate of drug-likeness (QED) is 0.184. The van der Waals surface area contributed by atoms with Crippen molar-refractivity contribution in [1.82, 2.24) is 15.0 Å². The van der Waals surface area contributed by atoms with Gasteiger partial charge in [-0.05, 0) is 34.4 Å². The Morgan fingerprint density at radius 3 is 1.27 bits per heavy atom. The molecule has 0 bridgehead atoms. The first-order valence-electron chi connectivity index (χ1n) is 16.4. The largest absolute Gasteiger partial charge is 0.455 e. The van der Waals surface area contributed by atoms with Gasteiger partial charge in [0.15, 0.2) is 17.5 Å². The van der Waals surface area contributed by atoms with Crippen molar-refractivity contribution in [3.8, 4) is 67.5 Å². The smallest absolute Gasteiger partial charge is 0.164 e. The zero-order valence-corrected chi connectivity index (χ0v) is 26.5. The molecule has 2 heterocycles. The Labute approximate surface area is 284 Å². The second-order valence-electron chi connectivity index (χ2n) is 12.0. The molecule has 2 aromatic heterocycles. The summed E-state index contributed by atoms with van der Waals surface area (Å²) in [5, 5.41) is 2.18. The molecule has 0 saturated carbocycles. The zero-order valence-electron chi connectivity index (χ0n) is 26.5. The molecule has 0 spiro atoms. The first-order valence-corrected chi connectivity index (χ1v) is 16.4. The van der Waals surface area contributed by atoms with Crippen LogP contribution in [0.15, 0.2) is 180 Å². The molecule has 0 atom stereocenters. The van der Waals surface area contributed by atoms with Crippen LogP contribution in [0, 0.1) is 0 Å². The predicted molar refractivity (Wildman–Crippen MR) is 200 cm³/mol. The lowest BCUT2D eigenvalue weighted by Gasteiger charge is -2.09. The van der Waals surface area contributed by atoms with Crippen molar-refractivity contribution in [3.63, 3.8) is 0 Å². The Morgan fingerprint density at radius 1 is 0.286 bits per heavy atom. The van der Waals surface area contributed by atoms with Crippen LogP contribution < -0.4 is 0 Å². The Bertz CT molecular complexity index is 2500. The molecule has 0 saturated heterocycles. The highest BCUT2D eigenvalue weighted by Crippen LogP contribution is 2.42. The molecular formula is C45H29N3O. The monoisotopic (exact) mass is 627 g/mol. The number of benzene rings is 7. The van der Waals surface area contributed by atoms with E-state index in [2.05, 4.69) is 109 Å². The number of aromatic nitrogens is 3. The van der Waals surface area contributed by atoms with Crippen LogP contribution in [0.2, 0.25) is 0 Å². The molecule has 0 N–H and O–H groups in total. The Balaban J connectivity index is 1.17. The summed E-state index contributed by atoms with van der Waals surface area (Å²) in [4.78, 5) is 14.7. The lowest BCUT2D eigenvalue weighted by Crippen LogP contribution is -2.00. The van der Waals surface area contributed by atoms with Gasteiger partial charge in [0.1, 0.15) is 11.2 Å². The van der Waals surface area contributed by atoms with Crippen LogP contribution in [0.25, 0.3) is 89.5 Å². The van der Waals surface area contributed by atoms with Crippen molar-refractivity contribution in [2.45, 2.75) is 0 Å². The maximum Gasteiger partial charge on any atom is 0.164 e. The highest BCUT2D eigenvalue weighted by molar-refractivity contribution is 6.14. The molecule has 0 aliphatic heterocycles. The average Bonchev–Trinajstić information content (AvgIpc) is 3.58. The lowest BCUT2D eigenvalue weighted by molar-refractivity contribution is 0.671. The molecule has 9 rings (SSSR count). The third-order valence-electron chi connectivity index (χ3n) is 8.94. The average molecular weight is 628 g/mol. The minimum atomic E-state index is 0.627. The Morgan fingerprint density at radius 2 is 0.714 bits per heavy atom. The number of hydrogen-bond donors (Lipinski definition) is 0. The van der Waals surface area contributed by atoms with Crippen molar-refractivity contribution < 1.29 is 4.42 Å². The van der Waals surface area contributed by atoms with E-state index in [0.29, 0.717) is 17.5 Å². The van der Waals surface area contributed by atoms with Crippen LogP contribution in [-0.4, -0.2) is 15.0 Å². The Kier molecular flexibility index (Phi) is 7.10. The van der Waals surface area contributed by atoms with Crippen LogP contribution in [0.3, 0.4) is 0 Å². The predicted octanol–water partition coefficient (Wildman–Crippen LogP) is 11.8. The topological polar surface area (TPSA) is 51.8 Å². The summed E-state index contributed by atoms with van der Waals surface area (Å²) in [6.45, 7) is 0. The van der Waals surface area contributed by atoms with Crippen LogP contribution in [0.1, 0.15) is 0 Å². The van der Waals surface area contributed by atoms with Gasteiger partial charge in [0.05, 0.1) is 0 Å². The molecule has 0 radical (unpaired) electrons. The van der Waals surface area contributed by atoms with Gasteiger partial charge in [0.2, 0.25) is 0 Å². The van der Waals surface area contributed by atoms with Crippen molar-refractivity contribution in [2.75, 3.05) is 0 Å². The summed E-state index contributed by atoms with van der Waals surface area (Å²) < 4.78 is 6.83. The summed E-state index contributed by atoms with van der Waals surface area (Å²) >= 11 is 0. The minimum Gasteiger partial charge on any atom is -0.455 e. The lowest BCUT2D eigenvalue weighted by atomic mass is 9.95. The SMILES string of the molecule is c1ccc(-c2cc(-c3ccccc3)c3oc4c(-c5ccc(-c6nc(-c7ccccc7)nc(-c7ccccc7)n6)cc5)cccc4c3c2)cc1. The standard InChI is InChI=1S/C45H29N3O/c1-5-14-30(15-6-1)36-28-39(31-16-7-2-8-17-31)42-40(29-36)38-23-13-22-37(41(38)49-42)32-24-26-35(27-25-32)45-47-43(33-18-9-3-10-19-33)46-44(48-45)34-20-11-4-12-21-34/h1-29H. The van der Waals surface area contributed by atoms with Crippen molar-refractivity contribution in [3.05, 3.63) is 176 Å². The highest BCUT2D eigenvalue weighted by Gasteiger charge is 2.18. The molecule has 9 aromatic rings. The summed E-state index contributed by atoms with van der Waals surface area (Å²) in [6.07, 6.45) is 0. The first kappa shape index (κ1) is 28.6. The first-order chi connectivity index (χ1) is 24.3. The second-order valence-corrected chi connectivity index (χ2v) is 12.0. The number of fused-ring (bicyclic) bond motifs is 3. The fourth-order valence-electron chi connectivity index (χ4n) is 6.49. The maximum atomic E-state index is 6.83. The molecule has 7 aromatic carbocycles. The molecule has 0 unspecified atom stereocenters. The van der Waals surface area contributed by atoms with E-state index in [4.69, 9.17) is 19.4 Å². The maximum absolute atomic E-state index is 6.83. The molecule has 0 aliphatic rings. The zero-order chi connectivity index (χ0) is 32.6. The van der Waals surface area contributed by atoms with Gasteiger partial charge in [0.25, 0.3) is 0 Å². The number of nitrogens with zero attached hydrogens (tertiary/aromatic N) is 3. The third kappa shape index (κ3) is 5.35. The van der Waals surface area contributed by atoms with Gasteiger partial charge in [-0.15, -0.1) is 0 Å². The number of hydrogen-bond acceptors (Lipinski definition) is 4. The van der Waals surface area contributed by atoms with E-state index < -0.39 is 0 Å². The summed E-state index contributed by atoms with van der Waals surface area (Å²) in [5.41, 5.74) is 11.2.